The van der Waals surface area contributed by atoms with Gasteiger partial charge in [0, 0.05) is 5.69 Å². The first-order valence-corrected chi connectivity index (χ1v) is 6.04. The van der Waals surface area contributed by atoms with Crippen molar-refractivity contribution in [1.82, 2.24) is 9.38 Å². The van der Waals surface area contributed by atoms with Gasteiger partial charge >= 0.3 is 0 Å². The van der Waals surface area contributed by atoms with Gasteiger partial charge in [0.25, 0.3) is 0 Å². The molecule has 3 rings (SSSR count). The van der Waals surface area contributed by atoms with E-state index in [4.69, 9.17) is 0 Å². The molecule has 0 aliphatic carbocycles. The molecular weight excluding hydrogens is 220 g/mol. The van der Waals surface area contributed by atoms with Crippen molar-refractivity contribution in [3.8, 4) is 0 Å². The number of fused-ring (bicyclic) bond motifs is 3. The van der Waals surface area contributed by atoms with Crippen molar-refractivity contribution in [3.63, 3.8) is 0 Å². The first kappa shape index (κ1) is 9.81. The van der Waals surface area contributed by atoms with Crippen LogP contribution in [0.4, 0.5) is 0 Å². The Hall–Kier alpha value is -1.39. The van der Waals surface area contributed by atoms with Crippen LogP contribution < -0.4 is 0 Å². The van der Waals surface area contributed by atoms with Crippen LogP contribution >= 0.6 is 11.3 Å². The monoisotopic (exact) mass is 232 g/mol. The van der Waals surface area contributed by atoms with Gasteiger partial charge in [-0.25, -0.2) is 4.98 Å². The van der Waals surface area contributed by atoms with E-state index in [1.54, 1.807) is 18.3 Å². The van der Waals surface area contributed by atoms with E-state index < -0.39 is 6.10 Å². The molecular formula is C12H12N2OS. The zero-order valence-corrected chi connectivity index (χ0v) is 9.95. The molecule has 4 heteroatoms. The molecule has 0 aliphatic rings. The maximum Gasteiger partial charge on any atom is 0.195 e. The smallest absolute Gasteiger partial charge is 0.195 e. The number of imidazole rings is 1. The first-order chi connectivity index (χ1) is 7.68. The Morgan fingerprint density at radius 1 is 1.38 bits per heavy atom. The summed E-state index contributed by atoms with van der Waals surface area (Å²) in [5.41, 5.74) is 3.20. The lowest BCUT2D eigenvalue weighted by molar-refractivity contribution is 0.202. The average molecular weight is 232 g/mol. The minimum absolute atomic E-state index is 0.425. The van der Waals surface area contributed by atoms with Gasteiger partial charge in [-0.1, -0.05) is 23.5 Å². The molecule has 0 amide bonds. The lowest BCUT2D eigenvalue weighted by Gasteiger charge is -2.01. The summed E-state index contributed by atoms with van der Waals surface area (Å²) >= 11 is 1.56. The summed E-state index contributed by atoms with van der Waals surface area (Å²) in [6.07, 6.45) is -0.425. The Balaban J connectivity index is 2.45. The Bertz CT molecular complexity index is 666. The van der Waals surface area contributed by atoms with E-state index in [1.165, 1.54) is 0 Å². The number of thiazole rings is 1. The second-order valence-corrected chi connectivity index (χ2v) is 4.96. The normalized spacial score (nSPS) is 13.7. The highest BCUT2D eigenvalue weighted by molar-refractivity contribution is 7.17. The molecule has 2 heterocycles. The van der Waals surface area contributed by atoms with Crippen molar-refractivity contribution >= 4 is 27.3 Å². The van der Waals surface area contributed by atoms with Crippen LogP contribution in [0, 0.1) is 6.92 Å². The summed E-state index contributed by atoms with van der Waals surface area (Å²) in [6.45, 7) is 3.82. The van der Waals surface area contributed by atoms with Gasteiger partial charge in [-0.3, -0.25) is 4.40 Å². The average Bonchev–Trinajstić information content (AvgIpc) is 2.75. The highest BCUT2D eigenvalue weighted by atomic mass is 32.1. The highest BCUT2D eigenvalue weighted by Gasteiger charge is 2.15. The number of benzene rings is 1. The van der Waals surface area contributed by atoms with Crippen molar-refractivity contribution in [1.29, 1.82) is 0 Å². The minimum Gasteiger partial charge on any atom is -0.388 e. The first-order valence-electron chi connectivity index (χ1n) is 5.23. The second-order valence-electron chi connectivity index (χ2n) is 3.95. The molecule has 1 aromatic carbocycles. The van der Waals surface area contributed by atoms with Crippen LogP contribution in [-0.4, -0.2) is 14.5 Å². The zero-order chi connectivity index (χ0) is 11.3. The molecule has 16 heavy (non-hydrogen) atoms. The fourth-order valence-corrected chi connectivity index (χ4v) is 3.14. The molecule has 1 atom stereocenters. The summed E-state index contributed by atoms with van der Waals surface area (Å²) in [6, 6.07) is 8.07. The Kier molecular flexibility index (Phi) is 2.02. The third-order valence-electron chi connectivity index (χ3n) is 2.80. The predicted octanol–water partition coefficient (Wildman–Crippen LogP) is 2.91. The van der Waals surface area contributed by atoms with Crippen LogP contribution in [0.1, 0.15) is 23.6 Å². The Morgan fingerprint density at radius 3 is 2.88 bits per heavy atom. The van der Waals surface area contributed by atoms with Crippen molar-refractivity contribution in [2.45, 2.75) is 20.0 Å². The van der Waals surface area contributed by atoms with Gasteiger partial charge in [0.05, 0.1) is 22.0 Å². The van der Waals surface area contributed by atoms with E-state index >= 15 is 0 Å². The molecule has 0 aliphatic heterocycles. The molecule has 0 radical (unpaired) electrons. The number of aliphatic hydroxyl groups is 1. The van der Waals surface area contributed by atoms with Crippen LogP contribution in [0.3, 0.4) is 0 Å². The molecule has 3 aromatic rings. The third-order valence-corrected chi connectivity index (χ3v) is 4.12. The lowest BCUT2D eigenvalue weighted by atomic mass is 10.2. The van der Waals surface area contributed by atoms with E-state index in [-0.39, 0.29) is 0 Å². The second kappa shape index (κ2) is 3.30. The van der Waals surface area contributed by atoms with Crippen molar-refractivity contribution in [3.05, 3.63) is 34.8 Å². The van der Waals surface area contributed by atoms with E-state index in [1.807, 2.05) is 25.1 Å². The molecule has 0 unspecified atom stereocenters. The van der Waals surface area contributed by atoms with Crippen LogP contribution in [-0.2, 0) is 0 Å². The van der Waals surface area contributed by atoms with E-state index in [2.05, 4.69) is 15.5 Å². The summed E-state index contributed by atoms with van der Waals surface area (Å²) in [5, 5.41) is 9.67. The van der Waals surface area contributed by atoms with Gasteiger partial charge in [-0.15, -0.1) is 0 Å². The van der Waals surface area contributed by atoms with Crippen LogP contribution in [0.5, 0.6) is 0 Å². The number of para-hydroxylation sites is 2. The number of rotatable bonds is 1. The molecule has 0 bridgehead atoms. The molecule has 0 saturated heterocycles. The SMILES string of the molecule is Cc1c([C@H](C)O)sc2nc3ccccc3n12. The Morgan fingerprint density at radius 2 is 2.12 bits per heavy atom. The number of hydrogen-bond acceptors (Lipinski definition) is 3. The standard InChI is InChI=1S/C12H12N2OS/c1-7-11(8(2)15)16-12-13-9-5-3-4-6-10(9)14(7)12/h3-6,8,15H,1-2H3/t8-/m0/s1. The maximum atomic E-state index is 9.67. The van der Waals surface area contributed by atoms with Gasteiger partial charge < -0.3 is 5.11 Å². The molecule has 0 saturated carbocycles. The number of aromatic nitrogens is 2. The number of aryl methyl sites for hydroxylation is 1. The summed E-state index contributed by atoms with van der Waals surface area (Å²) in [7, 11) is 0. The number of aliphatic hydroxyl groups excluding tert-OH is 1. The fourth-order valence-electron chi connectivity index (χ4n) is 2.07. The van der Waals surface area contributed by atoms with E-state index in [0.29, 0.717) is 0 Å². The van der Waals surface area contributed by atoms with E-state index in [0.717, 1.165) is 26.6 Å². The summed E-state index contributed by atoms with van der Waals surface area (Å²) in [4.78, 5) is 6.50. The van der Waals surface area contributed by atoms with Crippen LogP contribution in [0.15, 0.2) is 24.3 Å². The molecule has 2 aromatic heterocycles. The molecule has 1 N–H and O–H groups in total. The highest BCUT2D eigenvalue weighted by Crippen LogP contribution is 2.31. The van der Waals surface area contributed by atoms with Crippen molar-refractivity contribution in [2.24, 2.45) is 0 Å². The zero-order valence-electron chi connectivity index (χ0n) is 9.14. The number of nitrogens with zero attached hydrogens (tertiary/aromatic N) is 2. The fraction of sp³-hybridized carbons (Fsp3) is 0.250. The third kappa shape index (κ3) is 1.20. The lowest BCUT2D eigenvalue weighted by Crippen LogP contribution is -1.92. The van der Waals surface area contributed by atoms with Gasteiger partial charge in [0.2, 0.25) is 0 Å². The molecule has 82 valence electrons. The van der Waals surface area contributed by atoms with Crippen molar-refractivity contribution < 1.29 is 5.11 Å². The minimum atomic E-state index is -0.425. The summed E-state index contributed by atoms with van der Waals surface area (Å²) < 4.78 is 2.11. The van der Waals surface area contributed by atoms with Crippen LogP contribution in [0.25, 0.3) is 16.0 Å². The molecule has 0 fully saturated rings. The van der Waals surface area contributed by atoms with Crippen molar-refractivity contribution in [2.75, 3.05) is 0 Å². The molecule has 3 nitrogen and oxygen atoms in total. The largest absolute Gasteiger partial charge is 0.388 e. The van der Waals surface area contributed by atoms with Gasteiger partial charge in [0.15, 0.2) is 4.96 Å². The topological polar surface area (TPSA) is 37.5 Å². The predicted molar refractivity (Wildman–Crippen MR) is 65.9 cm³/mol. The van der Waals surface area contributed by atoms with E-state index in [9.17, 15) is 5.11 Å². The quantitative estimate of drug-likeness (QED) is 0.700. The van der Waals surface area contributed by atoms with Gasteiger partial charge in [-0.2, -0.15) is 0 Å². The number of hydrogen-bond donors (Lipinski definition) is 1. The maximum absolute atomic E-state index is 9.67. The Labute approximate surface area is 97.0 Å². The molecule has 0 spiro atoms. The van der Waals surface area contributed by atoms with Crippen LogP contribution in [0.2, 0.25) is 0 Å². The van der Waals surface area contributed by atoms with Gasteiger partial charge in [0.1, 0.15) is 0 Å². The van der Waals surface area contributed by atoms with Gasteiger partial charge in [-0.05, 0) is 26.0 Å². The summed E-state index contributed by atoms with van der Waals surface area (Å²) in [5.74, 6) is 0.